The van der Waals surface area contributed by atoms with Crippen LogP contribution < -0.4 is 0 Å². The quantitative estimate of drug-likeness (QED) is 0.629. The summed E-state index contributed by atoms with van der Waals surface area (Å²) < 4.78 is 0. The second-order valence-electron chi connectivity index (χ2n) is 7.96. The van der Waals surface area contributed by atoms with Crippen LogP contribution in [0.25, 0.3) is 10.8 Å². The molecule has 0 aromatic heterocycles. The fourth-order valence-corrected chi connectivity index (χ4v) is 4.68. The van der Waals surface area contributed by atoms with Crippen molar-refractivity contribution in [2.24, 2.45) is 0 Å². The van der Waals surface area contributed by atoms with Crippen LogP contribution in [0.4, 0.5) is 0 Å². The standard InChI is InChI=1S/C26H24N2O2/c1-2-15-27-17-28(16-14-19-10-7-9-18-8-3-4-11-20(18)19)24-23(27)25(29)21-12-5-6-13-22(21)26(24)30/h3-13H,2,14-17H2,1H3. The van der Waals surface area contributed by atoms with E-state index >= 15 is 0 Å². The third-order valence-corrected chi connectivity index (χ3v) is 6.07. The lowest BCUT2D eigenvalue weighted by Gasteiger charge is -2.23. The predicted molar refractivity (Wildman–Crippen MR) is 118 cm³/mol. The highest BCUT2D eigenvalue weighted by Crippen LogP contribution is 2.35. The van der Waals surface area contributed by atoms with Crippen molar-refractivity contribution in [3.63, 3.8) is 0 Å². The summed E-state index contributed by atoms with van der Waals surface area (Å²) in [6.07, 6.45) is 1.75. The van der Waals surface area contributed by atoms with Crippen molar-refractivity contribution in [3.8, 4) is 0 Å². The Kier molecular flexibility index (Phi) is 4.62. The van der Waals surface area contributed by atoms with E-state index in [9.17, 15) is 9.59 Å². The van der Waals surface area contributed by atoms with Crippen LogP contribution in [0, 0.1) is 0 Å². The first-order valence-corrected chi connectivity index (χ1v) is 10.6. The molecule has 1 aliphatic heterocycles. The van der Waals surface area contributed by atoms with Crippen molar-refractivity contribution in [1.82, 2.24) is 9.80 Å². The smallest absolute Gasteiger partial charge is 0.212 e. The van der Waals surface area contributed by atoms with E-state index in [1.54, 1.807) is 12.1 Å². The summed E-state index contributed by atoms with van der Waals surface area (Å²) in [5.41, 5.74) is 3.47. The van der Waals surface area contributed by atoms with E-state index in [-0.39, 0.29) is 11.6 Å². The maximum atomic E-state index is 13.3. The molecule has 2 aliphatic rings. The van der Waals surface area contributed by atoms with Crippen molar-refractivity contribution < 1.29 is 9.59 Å². The summed E-state index contributed by atoms with van der Waals surface area (Å²) in [4.78, 5) is 30.8. The molecule has 30 heavy (non-hydrogen) atoms. The lowest BCUT2D eigenvalue weighted by atomic mass is 9.90. The number of carbonyl (C=O) groups excluding carboxylic acids is 2. The van der Waals surface area contributed by atoms with Gasteiger partial charge in [-0.05, 0) is 29.2 Å². The van der Waals surface area contributed by atoms with Gasteiger partial charge in [0.2, 0.25) is 11.6 Å². The van der Waals surface area contributed by atoms with Gasteiger partial charge in [0, 0.05) is 24.2 Å². The fourth-order valence-electron chi connectivity index (χ4n) is 4.68. The first kappa shape index (κ1) is 18.6. The Bertz CT molecular complexity index is 1190. The molecule has 0 N–H and O–H groups in total. The first-order chi connectivity index (χ1) is 14.7. The van der Waals surface area contributed by atoms with Crippen LogP contribution in [-0.2, 0) is 6.42 Å². The monoisotopic (exact) mass is 396 g/mol. The van der Waals surface area contributed by atoms with Crippen LogP contribution in [0.1, 0.15) is 39.6 Å². The van der Waals surface area contributed by atoms with Crippen LogP contribution in [0.2, 0.25) is 0 Å². The molecule has 1 aliphatic carbocycles. The molecule has 0 fully saturated rings. The molecular weight excluding hydrogens is 372 g/mol. The van der Waals surface area contributed by atoms with Crippen LogP contribution in [0.3, 0.4) is 0 Å². The van der Waals surface area contributed by atoms with E-state index in [0.29, 0.717) is 35.7 Å². The molecule has 0 amide bonds. The maximum Gasteiger partial charge on any atom is 0.212 e. The summed E-state index contributed by atoms with van der Waals surface area (Å²) in [6, 6.07) is 21.9. The van der Waals surface area contributed by atoms with Crippen LogP contribution in [0.15, 0.2) is 78.1 Å². The van der Waals surface area contributed by atoms with Gasteiger partial charge in [-0.15, -0.1) is 0 Å². The topological polar surface area (TPSA) is 40.6 Å². The Morgan fingerprint density at radius 2 is 1.33 bits per heavy atom. The number of rotatable bonds is 5. The number of allylic oxidation sites excluding steroid dienone is 2. The zero-order valence-electron chi connectivity index (χ0n) is 17.1. The normalized spacial score (nSPS) is 15.8. The minimum atomic E-state index is -0.0308. The Hall–Kier alpha value is -3.40. The molecule has 3 aromatic rings. The highest BCUT2D eigenvalue weighted by molar-refractivity contribution is 6.26. The molecule has 1 heterocycles. The van der Waals surface area contributed by atoms with Gasteiger partial charge in [0.15, 0.2) is 0 Å². The highest BCUT2D eigenvalue weighted by atomic mass is 16.1. The van der Waals surface area contributed by atoms with Gasteiger partial charge < -0.3 is 9.80 Å². The van der Waals surface area contributed by atoms with E-state index in [2.05, 4.69) is 59.2 Å². The first-order valence-electron chi connectivity index (χ1n) is 10.6. The van der Waals surface area contributed by atoms with Crippen molar-refractivity contribution >= 4 is 22.3 Å². The van der Waals surface area contributed by atoms with Crippen molar-refractivity contribution in [3.05, 3.63) is 94.8 Å². The van der Waals surface area contributed by atoms with E-state index in [0.717, 1.165) is 19.4 Å². The average molecular weight is 396 g/mol. The van der Waals surface area contributed by atoms with Crippen molar-refractivity contribution in [2.75, 3.05) is 19.8 Å². The molecule has 0 saturated heterocycles. The summed E-state index contributed by atoms with van der Waals surface area (Å²) in [6.45, 7) is 4.16. The van der Waals surface area contributed by atoms with Gasteiger partial charge in [0.25, 0.3) is 0 Å². The zero-order chi connectivity index (χ0) is 20.7. The molecule has 4 nitrogen and oxygen atoms in total. The van der Waals surface area contributed by atoms with Crippen LogP contribution in [-0.4, -0.2) is 41.1 Å². The molecule has 3 aromatic carbocycles. The number of nitrogens with zero attached hydrogens (tertiary/aromatic N) is 2. The lowest BCUT2D eigenvalue weighted by molar-refractivity contribution is 0.0950. The van der Waals surface area contributed by atoms with Gasteiger partial charge in [-0.2, -0.15) is 0 Å². The average Bonchev–Trinajstić information content (AvgIpc) is 3.15. The number of Topliss-reactive ketones (excluding diaryl/α,β-unsaturated/α-hetero) is 2. The molecule has 0 radical (unpaired) electrons. The minimum Gasteiger partial charge on any atom is -0.349 e. The Balaban J connectivity index is 1.49. The van der Waals surface area contributed by atoms with Crippen molar-refractivity contribution in [1.29, 1.82) is 0 Å². The predicted octanol–water partition coefficient (Wildman–Crippen LogP) is 4.66. The Morgan fingerprint density at radius 3 is 2.03 bits per heavy atom. The minimum absolute atomic E-state index is 0.0266. The third kappa shape index (κ3) is 2.91. The number of ketones is 2. The van der Waals surface area contributed by atoms with E-state index in [1.807, 2.05) is 12.1 Å². The van der Waals surface area contributed by atoms with Gasteiger partial charge in [0.05, 0.1) is 6.67 Å². The molecule has 150 valence electrons. The molecule has 0 bridgehead atoms. The van der Waals surface area contributed by atoms with Gasteiger partial charge in [-0.25, -0.2) is 0 Å². The second kappa shape index (κ2) is 7.45. The van der Waals surface area contributed by atoms with E-state index in [4.69, 9.17) is 0 Å². The number of hydrogen-bond acceptors (Lipinski definition) is 4. The lowest BCUT2D eigenvalue weighted by Crippen LogP contribution is -2.31. The van der Waals surface area contributed by atoms with Crippen LogP contribution in [0.5, 0.6) is 0 Å². The second-order valence-corrected chi connectivity index (χ2v) is 7.96. The molecule has 4 heteroatoms. The van der Waals surface area contributed by atoms with E-state index < -0.39 is 0 Å². The number of hydrogen-bond donors (Lipinski definition) is 0. The SMILES string of the molecule is CCCN1CN(CCc2cccc3ccccc23)C2=C1C(=O)c1ccccc1C2=O. The third-order valence-electron chi connectivity index (χ3n) is 6.07. The molecule has 0 saturated carbocycles. The summed E-state index contributed by atoms with van der Waals surface area (Å²) in [5.74, 6) is -0.0574. The van der Waals surface area contributed by atoms with Gasteiger partial charge in [-0.3, -0.25) is 9.59 Å². The van der Waals surface area contributed by atoms with E-state index in [1.165, 1.54) is 16.3 Å². The van der Waals surface area contributed by atoms with Crippen molar-refractivity contribution in [2.45, 2.75) is 19.8 Å². The Labute approximate surface area is 176 Å². The summed E-state index contributed by atoms with van der Waals surface area (Å²) in [5, 5.41) is 2.47. The molecule has 0 unspecified atom stereocenters. The molecule has 5 rings (SSSR count). The largest absolute Gasteiger partial charge is 0.349 e. The maximum absolute atomic E-state index is 13.3. The number of benzene rings is 3. The molecule has 0 atom stereocenters. The Morgan fingerprint density at radius 1 is 0.733 bits per heavy atom. The van der Waals surface area contributed by atoms with Crippen LogP contribution >= 0.6 is 0 Å². The summed E-state index contributed by atoms with van der Waals surface area (Å²) in [7, 11) is 0. The summed E-state index contributed by atoms with van der Waals surface area (Å²) >= 11 is 0. The molecule has 0 spiro atoms. The van der Waals surface area contributed by atoms with Gasteiger partial charge in [0.1, 0.15) is 11.4 Å². The fraction of sp³-hybridized carbons (Fsp3) is 0.231. The zero-order valence-corrected chi connectivity index (χ0v) is 17.1. The number of carbonyl (C=O) groups is 2. The highest BCUT2D eigenvalue weighted by Gasteiger charge is 2.42. The number of fused-ring (bicyclic) bond motifs is 2. The van der Waals surface area contributed by atoms with Gasteiger partial charge in [-0.1, -0.05) is 73.7 Å². The van der Waals surface area contributed by atoms with Gasteiger partial charge >= 0.3 is 0 Å². The molecular formula is C26H24N2O2.